The number of thioether (sulfide) groups is 1. The SMILES string of the molecule is Cc1ccc(-c2cnc(SCC(=O)Nc3cccc(Cl)c3)[nH]2)cc1. The fourth-order valence-corrected chi connectivity index (χ4v) is 2.99. The Kier molecular flexibility index (Phi) is 5.23. The van der Waals surface area contributed by atoms with Crippen molar-refractivity contribution in [3.63, 3.8) is 0 Å². The van der Waals surface area contributed by atoms with Crippen LogP contribution in [0.25, 0.3) is 11.3 Å². The van der Waals surface area contributed by atoms with Crippen LogP contribution >= 0.6 is 23.4 Å². The van der Waals surface area contributed by atoms with Gasteiger partial charge in [0.15, 0.2) is 5.16 Å². The maximum Gasteiger partial charge on any atom is 0.234 e. The summed E-state index contributed by atoms with van der Waals surface area (Å²) in [5.41, 5.74) is 3.91. The van der Waals surface area contributed by atoms with Gasteiger partial charge in [-0.3, -0.25) is 4.79 Å². The van der Waals surface area contributed by atoms with E-state index >= 15 is 0 Å². The van der Waals surface area contributed by atoms with Crippen LogP contribution in [0.5, 0.6) is 0 Å². The highest BCUT2D eigenvalue weighted by Crippen LogP contribution is 2.22. The summed E-state index contributed by atoms with van der Waals surface area (Å²) in [6, 6.07) is 15.3. The summed E-state index contributed by atoms with van der Waals surface area (Å²) in [6.45, 7) is 2.05. The fraction of sp³-hybridized carbons (Fsp3) is 0.111. The number of hydrogen-bond acceptors (Lipinski definition) is 3. The van der Waals surface area contributed by atoms with Gasteiger partial charge in [-0.05, 0) is 30.7 Å². The molecule has 122 valence electrons. The van der Waals surface area contributed by atoms with Gasteiger partial charge in [0, 0.05) is 10.7 Å². The first kappa shape index (κ1) is 16.6. The molecule has 2 aromatic carbocycles. The first-order chi connectivity index (χ1) is 11.6. The van der Waals surface area contributed by atoms with Crippen molar-refractivity contribution in [1.29, 1.82) is 0 Å². The molecule has 0 bridgehead atoms. The van der Waals surface area contributed by atoms with E-state index in [2.05, 4.69) is 34.3 Å². The van der Waals surface area contributed by atoms with Crippen LogP contribution in [-0.2, 0) is 4.79 Å². The number of rotatable bonds is 5. The summed E-state index contributed by atoms with van der Waals surface area (Å²) in [5, 5.41) is 4.12. The monoisotopic (exact) mass is 357 g/mol. The summed E-state index contributed by atoms with van der Waals surface area (Å²) in [6.07, 6.45) is 1.78. The normalized spacial score (nSPS) is 10.6. The average molecular weight is 358 g/mol. The maximum atomic E-state index is 12.0. The van der Waals surface area contributed by atoms with Crippen molar-refractivity contribution in [3.8, 4) is 11.3 Å². The second kappa shape index (κ2) is 7.55. The minimum absolute atomic E-state index is 0.101. The van der Waals surface area contributed by atoms with Crippen molar-refractivity contribution in [2.75, 3.05) is 11.1 Å². The molecule has 2 N–H and O–H groups in total. The number of aromatic nitrogens is 2. The average Bonchev–Trinajstić information content (AvgIpc) is 3.03. The molecule has 0 atom stereocenters. The van der Waals surface area contributed by atoms with Crippen LogP contribution in [0.1, 0.15) is 5.56 Å². The van der Waals surface area contributed by atoms with E-state index in [4.69, 9.17) is 11.6 Å². The van der Waals surface area contributed by atoms with Crippen LogP contribution < -0.4 is 5.32 Å². The Hall–Kier alpha value is -2.24. The number of carbonyl (C=O) groups excluding carboxylic acids is 1. The lowest BCUT2D eigenvalue weighted by Crippen LogP contribution is -2.14. The van der Waals surface area contributed by atoms with E-state index in [-0.39, 0.29) is 11.7 Å². The third kappa shape index (κ3) is 4.40. The molecule has 0 aliphatic carbocycles. The lowest BCUT2D eigenvalue weighted by Gasteiger charge is -2.04. The predicted molar refractivity (Wildman–Crippen MR) is 99.6 cm³/mol. The molecule has 1 amide bonds. The molecule has 3 rings (SSSR count). The highest BCUT2D eigenvalue weighted by Gasteiger charge is 2.08. The van der Waals surface area contributed by atoms with Crippen LogP contribution in [0.15, 0.2) is 59.9 Å². The van der Waals surface area contributed by atoms with Gasteiger partial charge in [-0.1, -0.05) is 59.3 Å². The number of nitrogens with zero attached hydrogens (tertiary/aromatic N) is 1. The minimum Gasteiger partial charge on any atom is -0.333 e. The van der Waals surface area contributed by atoms with Crippen LogP contribution in [0.4, 0.5) is 5.69 Å². The lowest BCUT2D eigenvalue weighted by molar-refractivity contribution is -0.113. The summed E-state index contributed by atoms with van der Waals surface area (Å²) >= 11 is 7.26. The van der Waals surface area contributed by atoms with Crippen LogP contribution in [0.2, 0.25) is 5.02 Å². The fourth-order valence-electron chi connectivity index (χ4n) is 2.15. The van der Waals surface area contributed by atoms with Gasteiger partial charge in [-0.15, -0.1) is 0 Å². The van der Waals surface area contributed by atoms with Gasteiger partial charge < -0.3 is 10.3 Å². The van der Waals surface area contributed by atoms with Gasteiger partial charge in [0.25, 0.3) is 0 Å². The van der Waals surface area contributed by atoms with E-state index in [0.29, 0.717) is 15.9 Å². The number of H-pyrrole nitrogens is 1. The number of aryl methyl sites for hydroxylation is 1. The highest BCUT2D eigenvalue weighted by molar-refractivity contribution is 7.99. The molecule has 0 aliphatic rings. The summed E-state index contributed by atoms with van der Waals surface area (Å²) in [7, 11) is 0. The molecule has 0 aliphatic heterocycles. The van der Waals surface area contributed by atoms with Crippen molar-refractivity contribution in [3.05, 3.63) is 65.3 Å². The van der Waals surface area contributed by atoms with Crippen molar-refractivity contribution >= 4 is 35.0 Å². The third-order valence-electron chi connectivity index (χ3n) is 3.36. The van der Waals surface area contributed by atoms with Gasteiger partial charge in [0.1, 0.15) is 0 Å². The first-order valence-corrected chi connectivity index (χ1v) is 8.77. The molecule has 0 saturated heterocycles. The molecule has 4 nitrogen and oxygen atoms in total. The van der Waals surface area contributed by atoms with Crippen LogP contribution in [0.3, 0.4) is 0 Å². The van der Waals surface area contributed by atoms with Gasteiger partial charge in [-0.25, -0.2) is 4.98 Å². The topological polar surface area (TPSA) is 57.8 Å². The predicted octanol–water partition coefficient (Wildman–Crippen LogP) is 4.77. The van der Waals surface area contributed by atoms with Gasteiger partial charge in [0.05, 0.1) is 17.6 Å². The molecular formula is C18H16ClN3OS. The van der Waals surface area contributed by atoms with Crippen molar-refractivity contribution < 1.29 is 4.79 Å². The van der Waals surface area contributed by atoms with Gasteiger partial charge in [-0.2, -0.15) is 0 Å². The van der Waals surface area contributed by atoms with Gasteiger partial charge in [0.2, 0.25) is 5.91 Å². The molecule has 6 heteroatoms. The number of anilines is 1. The van der Waals surface area contributed by atoms with Crippen molar-refractivity contribution in [2.24, 2.45) is 0 Å². The van der Waals surface area contributed by atoms with Crippen molar-refractivity contribution in [1.82, 2.24) is 9.97 Å². The smallest absolute Gasteiger partial charge is 0.234 e. The number of imidazole rings is 1. The molecule has 0 spiro atoms. The Balaban J connectivity index is 1.57. The zero-order valence-electron chi connectivity index (χ0n) is 13.0. The molecule has 3 aromatic rings. The molecular weight excluding hydrogens is 342 g/mol. The lowest BCUT2D eigenvalue weighted by atomic mass is 10.1. The number of benzene rings is 2. The van der Waals surface area contributed by atoms with E-state index in [9.17, 15) is 4.79 Å². The first-order valence-electron chi connectivity index (χ1n) is 7.40. The zero-order chi connectivity index (χ0) is 16.9. The van der Waals surface area contributed by atoms with E-state index in [1.165, 1.54) is 17.3 Å². The molecule has 0 fully saturated rings. The standard InChI is InChI=1S/C18H16ClN3OS/c1-12-5-7-13(8-6-12)16-10-20-18(22-16)24-11-17(23)21-15-4-2-3-14(19)9-15/h2-10H,11H2,1H3,(H,20,22)(H,21,23). The highest BCUT2D eigenvalue weighted by atomic mass is 35.5. The Labute approximate surface area is 149 Å². The summed E-state index contributed by atoms with van der Waals surface area (Å²) < 4.78 is 0. The molecule has 1 aromatic heterocycles. The van der Waals surface area contributed by atoms with Crippen molar-refractivity contribution in [2.45, 2.75) is 12.1 Å². The molecule has 0 unspecified atom stereocenters. The number of carbonyl (C=O) groups is 1. The zero-order valence-corrected chi connectivity index (χ0v) is 14.6. The number of aromatic amines is 1. The Bertz CT molecular complexity index is 845. The summed E-state index contributed by atoms with van der Waals surface area (Å²) in [5.74, 6) is 0.170. The Morgan fingerprint density at radius 2 is 2.04 bits per heavy atom. The third-order valence-corrected chi connectivity index (χ3v) is 4.49. The Morgan fingerprint density at radius 3 is 2.79 bits per heavy atom. The number of hydrogen-bond donors (Lipinski definition) is 2. The molecule has 0 saturated carbocycles. The van der Waals surface area contributed by atoms with Gasteiger partial charge >= 0.3 is 0 Å². The Morgan fingerprint density at radius 1 is 1.25 bits per heavy atom. The van der Waals surface area contributed by atoms with Crippen LogP contribution in [0, 0.1) is 6.92 Å². The number of nitrogens with one attached hydrogen (secondary N) is 2. The van der Waals surface area contributed by atoms with Crippen LogP contribution in [-0.4, -0.2) is 21.6 Å². The van der Waals surface area contributed by atoms with E-state index in [1.54, 1.807) is 30.5 Å². The minimum atomic E-state index is -0.101. The van der Waals surface area contributed by atoms with E-state index < -0.39 is 0 Å². The molecule has 0 radical (unpaired) electrons. The number of amides is 1. The molecule has 24 heavy (non-hydrogen) atoms. The number of halogens is 1. The molecule has 1 heterocycles. The second-order valence-electron chi connectivity index (χ2n) is 5.32. The van der Waals surface area contributed by atoms with E-state index in [1.807, 2.05) is 12.1 Å². The quantitative estimate of drug-likeness (QED) is 0.647. The largest absolute Gasteiger partial charge is 0.333 e. The maximum absolute atomic E-state index is 12.0. The summed E-state index contributed by atoms with van der Waals surface area (Å²) in [4.78, 5) is 19.5. The van der Waals surface area contributed by atoms with E-state index in [0.717, 1.165) is 11.3 Å². The second-order valence-corrected chi connectivity index (χ2v) is 6.72.